The van der Waals surface area contributed by atoms with Gasteiger partial charge in [-0.15, -0.1) is 0 Å². The molecule has 0 unspecified atom stereocenters. The van der Waals surface area contributed by atoms with Crippen molar-refractivity contribution in [2.45, 2.75) is 0 Å². The van der Waals surface area contributed by atoms with Crippen molar-refractivity contribution in [1.82, 2.24) is 0 Å². The highest BCUT2D eigenvalue weighted by molar-refractivity contribution is 6.06. The molecule has 0 aliphatic carbocycles. The van der Waals surface area contributed by atoms with Crippen molar-refractivity contribution in [2.75, 3.05) is 0 Å². The number of rotatable bonds is 3. The minimum absolute atomic E-state index is 0.00820. The van der Waals surface area contributed by atoms with Crippen LogP contribution in [0.5, 0.6) is 0 Å². The first-order chi connectivity index (χ1) is 8.25. The summed E-state index contributed by atoms with van der Waals surface area (Å²) in [5.74, 6) is 0.00820. The number of hydrogen-bond acceptors (Lipinski definition) is 1. The standard InChI is InChI=1S/C16H13O/c1-13-7-10-15(11-8-13)16(17)12-9-14-5-3-2-4-6-14/h2-12H,1H2/b12-9+. The molecule has 0 atom stereocenters. The van der Waals surface area contributed by atoms with Crippen molar-refractivity contribution < 1.29 is 4.79 Å². The summed E-state index contributed by atoms with van der Waals surface area (Å²) >= 11 is 0. The van der Waals surface area contributed by atoms with E-state index in [1.165, 1.54) is 0 Å². The van der Waals surface area contributed by atoms with E-state index in [1.807, 2.05) is 48.5 Å². The maximum absolute atomic E-state index is 11.8. The summed E-state index contributed by atoms with van der Waals surface area (Å²) in [5, 5.41) is 0. The number of hydrogen-bond donors (Lipinski definition) is 0. The van der Waals surface area contributed by atoms with Gasteiger partial charge in [-0.1, -0.05) is 60.7 Å². The zero-order valence-corrected chi connectivity index (χ0v) is 9.47. The molecule has 0 heterocycles. The molecule has 1 radical (unpaired) electrons. The zero-order chi connectivity index (χ0) is 12.1. The molecule has 2 rings (SSSR count). The van der Waals surface area contributed by atoms with Gasteiger partial charge in [0.15, 0.2) is 5.78 Å². The molecular formula is C16H13O. The smallest absolute Gasteiger partial charge is 0.185 e. The largest absolute Gasteiger partial charge is 0.289 e. The van der Waals surface area contributed by atoms with Crippen molar-refractivity contribution in [1.29, 1.82) is 0 Å². The maximum atomic E-state index is 11.8. The van der Waals surface area contributed by atoms with Crippen LogP contribution < -0.4 is 0 Å². The van der Waals surface area contributed by atoms with Crippen LogP contribution in [-0.2, 0) is 0 Å². The van der Waals surface area contributed by atoms with Gasteiger partial charge in [-0.25, -0.2) is 0 Å². The van der Waals surface area contributed by atoms with E-state index in [9.17, 15) is 4.79 Å². The molecule has 0 N–H and O–H groups in total. The van der Waals surface area contributed by atoms with Gasteiger partial charge in [0, 0.05) is 5.56 Å². The molecule has 0 aliphatic rings. The quantitative estimate of drug-likeness (QED) is 0.569. The molecule has 1 heteroatoms. The van der Waals surface area contributed by atoms with Crippen LogP contribution in [0.1, 0.15) is 21.5 Å². The highest BCUT2D eigenvalue weighted by Crippen LogP contribution is 2.07. The normalized spacial score (nSPS) is 10.6. The van der Waals surface area contributed by atoms with Crippen LogP contribution in [0.15, 0.2) is 60.7 Å². The molecular weight excluding hydrogens is 208 g/mol. The van der Waals surface area contributed by atoms with Crippen LogP contribution in [0.4, 0.5) is 0 Å². The number of benzene rings is 2. The number of carbonyl (C=O) groups excluding carboxylic acids is 1. The molecule has 2 aromatic carbocycles. The lowest BCUT2D eigenvalue weighted by Crippen LogP contribution is -1.93. The Morgan fingerprint density at radius 3 is 2.24 bits per heavy atom. The van der Waals surface area contributed by atoms with Crippen LogP contribution >= 0.6 is 0 Å². The van der Waals surface area contributed by atoms with Crippen LogP contribution in [-0.4, -0.2) is 5.78 Å². The fourth-order valence-corrected chi connectivity index (χ4v) is 1.50. The van der Waals surface area contributed by atoms with Crippen molar-refractivity contribution in [3.05, 3.63) is 84.3 Å². The fourth-order valence-electron chi connectivity index (χ4n) is 1.50. The first-order valence-corrected chi connectivity index (χ1v) is 5.45. The number of carbonyl (C=O) groups is 1. The Bertz CT molecular complexity index is 521. The van der Waals surface area contributed by atoms with Gasteiger partial charge in [-0.05, 0) is 24.1 Å². The van der Waals surface area contributed by atoms with Gasteiger partial charge in [0.2, 0.25) is 0 Å². The summed E-state index contributed by atoms with van der Waals surface area (Å²) < 4.78 is 0. The van der Waals surface area contributed by atoms with Crippen molar-refractivity contribution >= 4 is 11.9 Å². The SMILES string of the molecule is [CH2]c1ccc(C(=O)/C=C/c2ccccc2)cc1. The summed E-state index contributed by atoms with van der Waals surface area (Å²) in [6, 6.07) is 17.0. The molecule has 0 fully saturated rings. The predicted molar refractivity (Wildman–Crippen MR) is 70.7 cm³/mol. The molecule has 0 spiro atoms. The van der Waals surface area contributed by atoms with E-state index in [-0.39, 0.29) is 5.78 Å². The monoisotopic (exact) mass is 221 g/mol. The second-order valence-corrected chi connectivity index (χ2v) is 3.81. The van der Waals surface area contributed by atoms with E-state index in [0.717, 1.165) is 11.1 Å². The van der Waals surface area contributed by atoms with Crippen LogP contribution in [0.25, 0.3) is 6.08 Å². The molecule has 2 aromatic rings. The Hall–Kier alpha value is -2.15. The predicted octanol–water partition coefficient (Wildman–Crippen LogP) is 3.76. The Labute approximate surface area is 101 Å². The third-order valence-corrected chi connectivity index (χ3v) is 2.47. The van der Waals surface area contributed by atoms with Crippen molar-refractivity contribution in [3.63, 3.8) is 0 Å². The van der Waals surface area contributed by atoms with Gasteiger partial charge in [0.05, 0.1) is 0 Å². The first kappa shape index (κ1) is 11.3. The van der Waals surface area contributed by atoms with E-state index in [1.54, 1.807) is 18.2 Å². The first-order valence-electron chi connectivity index (χ1n) is 5.45. The van der Waals surface area contributed by atoms with Crippen LogP contribution in [0.2, 0.25) is 0 Å². The number of allylic oxidation sites excluding steroid dienone is 1. The topological polar surface area (TPSA) is 17.1 Å². The van der Waals surface area contributed by atoms with Gasteiger partial charge in [0.25, 0.3) is 0 Å². The minimum atomic E-state index is 0.00820. The number of ketones is 1. The van der Waals surface area contributed by atoms with E-state index in [2.05, 4.69) is 6.92 Å². The van der Waals surface area contributed by atoms with E-state index in [4.69, 9.17) is 0 Å². The summed E-state index contributed by atoms with van der Waals surface area (Å²) in [5.41, 5.74) is 2.62. The maximum Gasteiger partial charge on any atom is 0.185 e. The Balaban J connectivity index is 2.12. The van der Waals surface area contributed by atoms with Gasteiger partial charge >= 0.3 is 0 Å². The third kappa shape index (κ3) is 3.15. The van der Waals surface area contributed by atoms with Crippen LogP contribution in [0, 0.1) is 6.92 Å². The Kier molecular flexibility index (Phi) is 3.51. The molecule has 0 saturated carbocycles. The molecule has 0 amide bonds. The molecule has 0 aliphatic heterocycles. The van der Waals surface area contributed by atoms with Gasteiger partial charge in [0.1, 0.15) is 0 Å². The summed E-state index contributed by atoms with van der Waals surface area (Å²) in [6.07, 6.45) is 3.41. The van der Waals surface area contributed by atoms with E-state index >= 15 is 0 Å². The van der Waals surface area contributed by atoms with Gasteiger partial charge in [-0.3, -0.25) is 4.79 Å². The van der Waals surface area contributed by atoms with Gasteiger partial charge in [-0.2, -0.15) is 0 Å². The van der Waals surface area contributed by atoms with Crippen molar-refractivity contribution in [3.8, 4) is 0 Å². The highest BCUT2D eigenvalue weighted by atomic mass is 16.1. The summed E-state index contributed by atoms with van der Waals surface area (Å²) in [6.45, 7) is 3.79. The lowest BCUT2D eigenvalue weighted by Gasteiger charge is -1.96. The minimum Gasteiger partial charge on any atom is -0.289 e. The molecule has 0 saturated heterocycles. The summed E-state index contributed by atoms with van der Waals surface area (Å²) in [4.78, 5) is 11.8. The second kappa shape index (κ2) is 5.26. The molecule has 17 heavy (non-hydrogen) atoms. The average molecular weight is 221 g/mol. The van der Waals surface area contributed by atoms with E-state index in [0.29, 0.717) is 5.56 Å². The van der Waals surface area contributed by atoms with Crippen molar-refractivity contribution in [2.24, 2.45) is 0 Å². The lowest BCUT2D eigenvalue weighted by atomic mass is 10.1. The van der Waals surface area contributed by atoms with Crippen LogP contribution in [0.3, 0.4) is 0 Å². The second-order valence-electron chi connectivity index (χ2n) is 3.81. The molecule has 0 aromatic heterocycles. The lowest BCUT2D eigenvalue weighted by molar-refractivity contribution is 0.104. The molecule has 83 valence electrons. The van der Waals surface area contributed by atoms with Gasteiger partial charge < -0.3 is 0 Å². The zero-order valence-electron chi connectivity index (χ0n) is 9.47. The summed E-state index contributed by atoms with van der Waals surface area (Å²) in [7, 11) is 0. The average Bonchev–Trinajstić information content (AvgIpc) is 2.38. The Morgan fingerprint density at radius 1 is 0.941 bits per heavy atom. The fraction of sp³-hybridized carbons (Fsp3) is 0. The molecule has 0 bridgehead atoms. The van der Waals surface area contributed by atoms with E-state index < -0.39 is 0 Å². The Morgan fingerprint density at radius 2 is 1.59 bits per heavy atom. The highest BCUT2D eigenvalue weighted by Gasteiger charge is 1.99. The molecule has 1 nitrogen and oxygen atoms in total. The third-order valence-electron chi connectivity index (χ3n) is 2.47.